The molecule has 0 bridgehead atoms. The van der Waals surface area contributed by atoms with Gasteiger partial charge in [-0.25, -0.2) is 0 Å². The summed E-state index contributed by atoms with van der Waals surface area (Å²) in [6.45, 7) is 3.72. The summed E-state index contributed by atoms with van der Waals surface area (Å²) < 4.78 is 0. The molecule has 12 heavy (non-hydrogen) atoms. The smallest absolute Gasteiger partial charge is 0.0180 e. The summed E-state index contributed by atoms with van der Waals surface area (Å²) in [6, 6.07) is 0.464. The van der Waals surface area contributed by atoms with E-state index < -0.39 is 0 Å². The third kappa shape index (κ3) is 1.99. The van der Waals surface area contributed by atoms with Gasteiger partial charge < -0.3 is 10.6 Å². The van der Waals surface area contributed by atoms with Crippen LogP contribution in [0.4, 0.5) is 0 Å². The van der Waals surface area contributed by atoms with Crippen molar-refractivity contribution in [1.29, 1.82) is 0 Å². The number of nitrogens with two attached hydrogens (primary N) is 1. The molecule has 70 valence electrons. The van der Waals surface area contributed by atoms with Gasteiger partial charge in [0.1, 0.15) is 0 Å². The first-order valence-corrected chi connectivity index (χ1v) is 5.32. The summed E-state index contributed by atoms with van der Waals surface area (Å²) in [5, 5.41) is 0. The maximum atomic E-state index is 5.86. The monoisotopic (exact) mass is 168 g/mol. The Morgan fingerprint density at radius 2 is 1.92 bits per heavy atom. The molecule has 1 atom stereocenters. The Morgan fingerprint density at radius 1 is 1.17 bits per heavy atom. The van der Waals surface area contributed by atoms with Gasteiger partial charge >= 0.3 is 0 Å². The van der Waals surface area contributed by atoms with Crippen molar-refractivity contribution in [2.75, 3.05) is 19.6 Å². The van der Waals surface area contributed by atoms with Gasteiger partial charge in [0.25, 0.3) is 0 Å². The van der Waals surface area contributed by atoms with Gasteiger partial charge in [0.15, 0.2) is 0 Å². The zero-order valence-electron chi connectivity index (χ0n) is 7.84. The molecular formula is C10H20N2. The van der Waals surface area contributed by atoms with Crippen molar-refractivity contribution in [2.45, 2.75) is 38.1 Å². The standard InChI is InChI=1S/C10H20N2/c11-10-5-6-12(8-10)7-9-3-1-2-4-9/h9-10H,1-8,11H2/t10-/m1/s1. The number of hydrogen-bond donors (Lipinski definition) is 1. The summed E-state index contributed by atoms with van der Waals surface area (Å²) in [5.41, 5.74) is 5.86. The summed E-state index contributed by atoms with van der Waals surface area (Å²) in [6.07, 6.45) is 7.07. The van der Waals surface area contributed by atoms with Gasteiger partial charge in [-0.05, 0) is 31.7 Å². The summed E-state index contributed by atoms with van der Waals surface area (Å²) >= 11 is 0. The highest BCUT2D eigenvalue weighted by Gasteiger charge is 2.23. The van der Waals surface area contributed by atoms with Crippen molar-refractivity contribution in [3.05, 3.63) is 0 Å². The van der Waals surface area contributed by atoms with E-state index in [9.17, 15) is 0 Å². The quantitative estimate of drug-likeness (QED) is 0.671. The lowest BCUT2D eigenvalue weighted by Gasteiger charge is -2.19. The Balaban J connectivity index is 1.72. The number of hydrogen-bond acceptors (Lipinski definition) is 2. The second-order valence-corrected chi connectivity index (χ2v) is 4.46. The van der Waals surface area contributed by atoms with Crippen LogP contribution in [0.2, 0.25) is 0 Å². The van der Waals surface area contributed by atoms with Crippen molar-refractivity contribution in [2.24, 2.45) is 11.7 Å². The molecule has 2 fully saturated rings. The summed E-state index contributed by atoms with van der Waals surface area (Å²) in [4.78, 5) is 2.56. The molecule has 0 aromatic rings. The fourth-order valence-corrected chi connectivity index (χ4v) is 2.59. The van der Waals surface area contributed by atoms with Crippen molar-refractivity contribution in [1.82, 2.24) is 4.90 Å². The van der Waals surface area contributed by atoms with E-state index in [1.807, 2.05) is 0 Å². The number of likely N-dealkylation sites (tertiary alicyclic amines) is 1. The van der Waals surface area contributed by atoms with E-state index in [0.717, 1.165) is 12.5 Å². The average Bonchev–Trinajstić information content (AvgIpc) is 2.63. The molecule has 0 unspecified atom stereocenters. The van der Waals surface area contributed by atoms with Crippen LogP contribution >= 0.6 is 0 Å². The molecule has 2 aliphatic rings. The van der Waals surface area contributed by atoms with Crippen LogP contribution < -0.4 is 5.73 Å². The maximum absolute atomic E-state index is 5.86. The lowest BCUT2D eigenvalue weighted by atomic mass is 10.1. The van der Waals surface area contributed by atoms with Gasteiger partial charge in [-0.1, -0.05) is 12.8 Å². The van der Waals surface area contributed by atoms with Gasteiger partial charge in [0, 0.05) is 19.1 Å². The molecule has 2 rings (SSSR count). The van der Waals surface area contributed by atoms with Crippen LogP contribution in [0.5, 0.6) is 0 Å². The molecule has 1 aliphatic heterocycles. The van der Waals surface area contributed by atoms with Crippen molar-refractivity contribution in [3.8, 4) is 0 Å². The maximum Gasteiger partial charge on any atom is 0.0180 e. The first-order chi connectivity index (χ1) is 5.84. The van der Waals surface area contributed by atoms with E-state index in [4.69, 9.17) is 5.73 Å². The molecule has 0 radical (unpaired) electrons. The molecule has 1 saturated heterocycles. The lowest BCUT2D eigenvalue weighted by Crippen LogP contribution is -2.30. The molecular weight excluding hydrogens is 148 g/mol. The highest BCUT2D eigenvalue weighted by Crippen LogP contribution is 2.26. The van der Waals surface area contributed by atoms with Crippen LogP contribution in [0.25, 0.3) is 0 Å². The van der Waals surface area contributed by atoms with Crippen molar-refractivity contribution in [3.63, 3.8) is 0 Å². The van der Waals surface area contributed by atoms with E-state index >= 15 is 0 Å². The lowest BCUT2D eigenvalue weighted by molar-refractivity contribution is 0.277. The van der Waals surface area contributed by atoms with Crippen LogP contribution in [0, 0.1) is 5.92 Å². The SMILES string of the molecule is N[C@@H]1CCN(CC2CCCC2)C1. The topological polar surface area (TPSA) is 29.3 Å². The fraction of sp³-hybridized carbons (Fsp3) is 1.00. The largest absolute Gasteiger partial charge is 0.326 e. The third-order valence-corrected chi connectivity index (χ3v) is 3.30. The highest BCUT2D eigenvalue weighted by atomic mass is 15.2. The van der Waals surface area contributed by atoms with Crippen LogP contribution in [0.3, 0.4) is 0 Å². The second kappa shape index (κ2) is 3.75. The van der Waals surface area contributed by atoms with E-state index in [-0.39, 0.29) is 0 Å². The minimum atomic E-state index is 0.464. The molecule has 2 heteroatoms. The minimum Gasteiger partial charge on any atom is -0.326 e. The molecule has 0 amide bonds. The predicted octanol–water partition coefficient (Wildman–Crippen LogP) is 1.21. The van der Waals surface area contributed by atoms with Crippen molar-refractivity contribution < 1.29 is 0 Å². The van der Waals surface area contributed by atoms with E-state index in [0.29, 0.717) is 6.04 Å². The molecule has 1 heterocycles. The zero-order valence-corrected chi connectivity index (χ0v) is 7.84. The highest BCUT2D eigenvalue weighted by molar-refractivity contribution is 4.80. The molecule has 2 N–H and O–H groups in total. The van der Waals surface area contributed by atoms with Crippen LogP contribution in [0.1, 0.15) is 32.1 Å². The third-order valence-electron chi connectivity index (χ3n) is 3.30. The van der Waals surface area contributed by atoms with Crippen LogP contribution in [0.15, 0.2) is 0 Å². The van der Waals surface area contributed by atoms with Gasteiger partial charge in [0.05, 0.1) is 0 Å². The Kier molecular flexibility index (Phi) is 2.66. The van der Waals surface area contributed by atoms with Gasteiger partial charge in [-0.3, -0.25) is 0 Å². The van der Waals surface area contributed by atoms with Crippen LogP contribution in [-0.2, 0) is 0 Å². The van der Waals surface area contributed by atoms with E-state index in [1.165, 1.54) is 45.2 Å². The summed E-state index contributed by atoms with van der Waals surface area (Å²) in [7, 11) is 0. The van der Waals surface area contributed by atoms with E-state index in [2.05, 4.69) is 4.90 Å². The van der Waals surface area contributed by atoms with Crippen molar-refractivity contribution >= 4 is 0 Å². The first kappa shape index (κ1) is 8.52. The molecule has 1 aliphatic carbocycles. The molecule has 1 saturated carbocycles. The molecule has 0 aromatic carbocycles. The summed E-state index contributed by atoms with van der Waals surface area (Å²) in [5.74, 6) is 0.996. The second-order valence-electron chi connectivity index (χ2n) is 4.46. The molecule has 2 nitrogen and oxygen atoms in total. The fourth-order valence-electron chi connectivity index (χ4n) is 2.59. The Hall–Kier alpha value is -0.0800. The van der Waals surface area contributed by atoms with Gasteiger partial charge in [-0.15, -0.1) is 0 Å². The Bertz CT molecular complexity index is 141. The Morgan fingerprint density at radius 3 is 2.50 bits per heavy atom. The molecule has 0 aromatic heterocycles. The average molecular weight is 168 g/mol. The zero-order chi connectivity index (χ0) is 8.39. The minimum absolute atomic E-state index is 0.464. The predicted molar refractivity (Wildman–Crippen MR) is 51.0 cm³/mol. The number of rotatable bonds is 2. The van der Waals surface area contributed by atoms with E-state index in [1.54, 1.807) is 0 Å². The van der Waals surface area contributed by atoms with Gasteiger partial charge in [-0.2, -0.15) is 0 Å². The molecule has 0 spiro atoms. The first-order valence-electron chi connectivity index (χ1n) is 5.32. The normalized spacial score (nSPS) is 33.2. The van der Waals surface area contributed by atoms with Crippen LogP contribution in [-0.4, -0.2) is 30.6 Å². The Labute approximate surface area is 75.1 Å². The number of nitrogens with zero attached hydrogens (tertiary/aromatic N) is 1. The van der Waals surface area contributed by atoms with Gasteiger partial charge in [0.2, 0.25) is 0 Å².